The van der Waals surface area contributed by atoms with Gasteiger partial charge in [0.1, 0.15) is 0 Å². The van der Waals surface area contributed by atoms with E-state index in [-0.39, 0.29) is 23.7 Å². The summed E-state index contributed by atoms with van der Waals surface area (Å²) in [5.74, 6) is 0.639. The van der Waals surface area contributed by atoms with Gasteiger partial charge >= 0.3 is 0 Å². The van der Waals surface area contributed by atoms with Crippen molar-refractivity contribution >= 4 is 11.8 Å². The summed E-state index contributed by atoms with van der Waals surface area (Å²) in [5.41, 5.74) is 0. The summed E-state index contributed by atoms with van der Waals surface area (Å²) in [6, 6.07) is 0. The molecule has 0 aromatic heterocycles. The average molecular weight is 282 g/mol. The molecule has 2 saturated heterocycles. The Hall–Kier alpha value is -1.10. The van der Waals surface area contributed by atoms with E-state index >= 15 is 0 Å². The van der Waals surface area contributed by atoms with E-state index in [1.165, 1.54) is 0 Å². The van der Waals surface area contributed by atoms with Gasteiger partial charge in [0.2, 0.25) is 11.8 Å². The molecule has 5 heteroatoms. The number of amides is 2. The van der Waals surface area contributed by atoms with Crippen molar-refractivity contribution in [2.45, 2.75) is 39.0 Å². The quantitative estimate of drug-likeness (QED) is 0.842. The first-order chi connectivity index (χ1) is 9.72. The zero-order valence-corrected chi connectivity index (χ0v) is 12.4. The van der Waals surface area contributed by atoms with E-state index in [0.717, 1.165) is 51.7 Å². The average Bonchev–Trinajstić information content (AvgIpc) is 2.53. The third-order valence-corrected chi connectivity index (χ3v) is 4.30. The summed E-state index contributed by atoms with van der Waals surface area (Å²) in [6.07, 6.45) is 4.24. The number of ether oxygens (including phenoxy) is 1. The fourth-order valence-electron chi connectivity index (χ4n) is 2.96. The minimum absolute atomic E-state index is 0.0836. The van der Waals surface area contributed by atoms with Crippen LogP contribution < -0.4 is 5.32 Å². The minimum atomic E-state index is 0.0836. The van der Waals surface area contributed by atoms with E-state index in [4.69, 9.17) is 4.74 Å². The first-order valence-corrected chi connectivity index (χ1v) is 7.86. The molecule has 1 N–H and O–H groups in total. The Morgan fingerprint density at radius 1 is 1.10 bits per heavy atom. The van der Waals surface area contributed by atoms with Crippen LogP contribution in [0.2, 0.25) is 0 Å². The fourth-order valence-corrected chi connectivity index (χ4v) is 2.96. The molecule has 2 fully saturated rings. The molecule has 5 nitrogen and oxygen atoms in total. The lowest BCUT2D eigenvalue weighted by molar-refractivity contribution is -0.141. The third kappa shape index (κ3) is 3.95. The number of nitrogens with one attached hydrogen (secondary N) is 1. The summed E-state index contributed by atoms with van der Waals surface area (Å²) >= 11 is 0. The van der Waals surface area contributed by atoms with Gasteiger partial charge in [0.25, 0.3) is 0 Å². The number of hydrogen-bond acceptors (Lipinski definition) is 3. The largest absolute Gasteiger partial charge is 0.381 e. The Kier molecular flexibility index (Phi) is 5.83. The number of piperidine rings is 1. The van der Waals surface area contributed by atoms with Gasteiger partial charge in [-0.2, -0.15) is 0 Å². The molecule has 2 aliphatic rings. The summed E-state index contributed by atoms with van der Waals surface area (Å²) in [4.78, 5) is 26.2. The van der Waals surface area contributed by atoms with E-state index in [1.54, 1.807) is 0 Å². The Labute approximate surface area is 121 Å². The van der Waals surface area contributed by atoms with Gasteiger partial charge in [-0.3, -0.25) is 9.59 Å². The molecule has 0 aliphatic carbocycles. The molecule has 2 heterocycles. The SMILES string of the molecule is CCCNC(=O)C1CCN(C(=O)C2CCOCC2)CC1. The highest BCUT2D eigenvalue weighted by atomic mass is 16.5. The molecule has 0 radical (unpaired) electrons. The maximum atomic E-state index is 12.4. The van der Waals surface area contributed by atoms with E-state index in [0.29, 0.717) is 13.2 Å². The fraction of sp³-hybridized carbons (Fsp3) is 0.867. The number of carbonyl (C=O) groups is 2. The van der Waals surface area contributed by atoms with Gasteiger partial charge in [-0.25, -0.2) is 0 Å². The summed E-state index contributed by atoms with van der Waals surface area (Å²) < 4.78 is 5.30. The second-order valence-corrected chi connectivity index (χ2v) is 5.78. The highest BCUT2D eigenvalue weighted by Gasteiger charge is 2.31. The molecule has 0 aromatic carbocycles. The number of hydrogen-bond donors (Lipinski definition) is 1. The molecule has 2 amide bonds. The van der Waals surface area contributed by atoms with Gasteiger partial charge < -0.3 is 15.0 Å². The number of nitrogens with zero attached hydrogens (tertiary/aromatic N) is 1. The van der Waals surface area contributed by atoms with Gasteiger partial charge in [0.15, 0.2) is 0 Å². The molecule has 0 saturated carbocycles. The lowest BCUT2D eigenvalue weighted by Crippen LogP contribution is -2.46. The zero-order valence-electron chi connectivity index (χ0n) is 12.4. The van der Waals surface area contributed by atoms with Crippen LogP contribution in [0.4, 0.5) is 0 Å². The van der Waals surface area contributed by atoms with Crippen LogP contribution in [-0.4, -0.2) is 49.6 Å². The molecule has 20 heavy (non-hydrogen) atoms. The molecule has 114 valence electrons. The van der Waals surface area contributed by atoms with Crippen LogP contribution in [0.3, 0.4) is 0 Å². The first kappa shape index (κ1) is 15.3. The van der Waals surface area contributed by atoms with Crippen LogP contribution >= 0.6 is 0 Å². The molecular formula is C15H26N2O3. The highest BCUT2D eigenvalue weighted by molar-refractivity contribution is 5.81. The van der Waals surface area contributed by atoms with E-state index < -0.39 is 0 Å². The topological polar surface area (TPSA) is 58.6 Å². The third-order valence-electron chi connectivity index (χ3n) is 4.30. The van der Waals surface area contributed by atoms with Crippen LogP contribution in [0.5, 0.6) is 0 Å². The predicted octanol–water partition coefficient (Wildman–Crippen LogP) is 1.18. The summed E-state index contributed by atoms with van der Waals surface area (Å²) in [7, 11) is 0. The van der Waals surface area contributed by atoms with Crippen LogP contribution in [0, 0.1) is 11.8 Å². The second kappa shape index (κ2) is 7.62. The molecule has 2 aliphatic heterocycles. The van der Waals surface area contributed by atoms with Gasteiger partial charge in [-0.15, -0.1) is 0 Å². The monoisotopic (exact) mass is 282 g/mol. The number of likely N-dealkylation sites (tertiary alicyclic amines) is 1. The lowest BCUT2D eigenvalue weighted by Gasteiger charge is -2.34. The van der Waals surface area contributed by atoms with Crippen molar-refractivity contribution in [3.8, 4) is 0 Å². The van der Waals surface area contributed by atoms with E-state index in [9.17, 15) is 9.59 Å². The van der Waals surface area contributed by atoms with Crippen LogP contribution in [0.1, 0.15) is 39.0 Å². The van der Waals surface area contributed by atoms with Gasteiger partial charge in [-0.05, 0) is 32.1 Å². The van der Waals surface area contributed by atoms with E-state index in [1.807, 2.05) is 4.90 Å². The van der Waals surface area contributed by atoms with Crippen molar-refractivity contribution in [1.82, 2.24) is 10.2 Å². The Bertz CT molecular complexity index is 332. The molecule has 0 bridgehead atoms. The van der Waals surface area contributed by atoms with Crippen molar-refractivity contribution in [1.29, 1.82) is 0 Å². The van der Waals surface area contributed by atoms with Gasteiger partial charge in [0.05, 0.1) is 0 Å². The standard InChI is InChI=1S/C15H26N2O3/c1-2-7-16-14(18)12-3-8-17(9-4-12)15(19)13-5-10-20-11-6-13/h12-13H,2-11H2,1H3,(H,16,18). The highest BCUT2D eigenvalue weighted by Crippen LogP contribution is 2.23. The van der Waals surface area contributed by atoms with Crippen LogP contribution in [0.15, 0.2) is 0 Å². The normalized spacial score (nSPS) is 21.8. The number of carbonyl (C=O) groups excluding carboxylic acids is 2. The molecule has 0 aromatic rings. The van der Waals surface area contributed by atoms with Crippen LogP contribution in [0.25, 0.3) is 0 Å². The molecular weight excluding hydrogens is 256 g/mol. The maximum Gasteiger partial charge on any atom is 0.225 e. The van der Waals surface area contributed by atoms with Crippen molar-refractivity contribution in [2.75, 3.05) is 32.8 Å². The molecule has 0 atom stereocenters. The first-order valence-electron chi connectivity index (χ1n) is 7.86. The van der Waals surface area contributed by atoms with Crippen molar-refractivity contribution in [3.05, 3.63) is 0 Å². The minimum Gasteiger partial charge on any atom is -0.381 e. The zero-order chi connectivity index (χ0) is 14.4. The summed E-state index contributed by atoms with van der Waals surface area (Å²) in [5, 5.41) is 2.95. The molecule has 2 rings (SSSR count). The van der Waals surface area contributed by atoms with Crippen molar-refractivity contribution in [2.24, 2.45) is 11.8 Å². The van der Waals surface area contributed by atoms with Gasteiger partial charge in [0, 0.05) is 44.7 Å². The number of rotatable bonds is 4. The van der Waals surface area contributed by atoms with E-state index in [2.05, 4.69) is 12.2 Å². The molecule has 0 unspecified atom stereocenters. The summed E-state index contributed by atoms with van der Waals surface area (Å²) in [6.45, 7) is 5.65. The molecule has 0 spiro atoms. The Morgan fingerprint density at radius 3 is 2.35 bits per heavy atom. The smallest absolute Gasteiger partial charge is 0.225 e. The Balaban J connectivity index is 1.75. The maximum absolute atomic E-state index is 12.4. The van der Waals surface area contributed by atoms with Crippen molar-refractivity contribution in [3.63, 3.8) is 0 Å². The second-order valence-electron chi connectivity index (χ2n) is 5.78. The predicted molar refractivity (Wildman–Crippen MR) is 76.1 cm³/mol. The lowest BCUT2D eigenvalue weighted by atomic mass is 9.93. The van der Waals surface area contributed by atoms with Crippen molar-refractivity contribution < 1.29 is 14.3 Å². The van der Waals surface area contributed by atoms with Crippen LogP contribution in [-0.2, 0) is 14.3 Å². The van der Waals surface area contributed by atoms with Gasteiger partial charge in [-0.1, -0.05) is 6.92 Å². The Morgan fingerprint density at radius 2 is 1.75 bits per heavy atom.